The van der Waals surface area contributed by atoms with Crippen LogP contribution in [0.25, 0.3) is 11.1 Å². The first-order valence-electron chi connectivity index (χ1n) is 9.59. The molecular formula is C23H15Cl2F5N2O. The van der Waals surface area contributed by atoms with Crippen molar-refractivity contribution < 1.29 is 26.7 Å². The second kappa shape index (κ2) is 9.21. The summed E-state index contributed by atoms with van der Waals surface area (Å²) in [6.07, 6.45) is -3.56. The Labute approximate surface area is 196 Å². The zero-order valence-electron chi connectivity index (χ0n) is 16.6. The molecule has 1 heterocycles. The van der Waals surface area contributed by atoms with Crippen molar-refractivity contribution in [3.8, 4) is 16.9 Å². The van der Waals surface area contributed by atoms with Crippen LogP contribution in [0.5, 0.6) is 5.75 Å². The molecule has 0 saturated heterocycles. The van der Waals surface area contributed by atoms with Gasteiger partial charge in [0, 0.05) is 6.07 Å². The zero-order chi connectivity index (χ0) is 23.8. The molecule has 3 nitrogen and oxygen atoms in total. The molecule has 0 fully saturated rings. The van der Waals surface area contributed by atoms with Crippen LogP contribution in [0.4, 0.5) is 27.6 Å². The fourth-order valence-corrected chi connectivity index (χ4v) is 3.91. The van der Waals surface area contributed by atoms with Gasteiger partial charge in [-0.1, -0.05) is 41.4 Å². The van der Waals surface area contributed by atoms with E-state index in [9.17, 15) is 22.0 Å². The molecule has 0 spiro atoms. The average molecular weight is 501 g/mol. The number of ether oxygens (including phenoxy) is 1. The first-order valence-corrected chi connectivity index (χ1v) is 10.3. The van der Waals surface area contributed by atoms with Crippen molar-refractivity contribution in [1.82, 2.24) is 5.43 Å². The van der Waals surface area contributed by atoms with E-state index in [-0.39, 0.29) is 28.0 Å². The number of anilines is 1. The highest BCUT2D eigenvalue weighted by Gasteiger charge is 2.44. The van der Waals surface area contributed by atoms with E-state index in [4.69, 9.17) is 27.9 Å². The number of rotatable bonds is 5. The second-order valence-electron chi connectivity index (χ2n) is 7.18. The summed E-state index contributed by atoms with van der Waals surface area (Å²) in [5.74, 6) is -1.07. The predicted molar refractivity (Wildman–Crippen MR) is 117 cm³/mol. The number of para-hydroxylation sites is 1. The molecule has 1 N–H and O–H groups in total. The van der Waals surface area contributed by atoms with Crippen LogP contribution in [0, 0.1) is 11.6 Å². The number of nitrogens with one attached hydrogen (secondary N) is 1. The quantitative estimate of drug-likeness (QED) is 0.376. The van der Waals surface area contributed by atoms with Crippen molar-refractivity contribution in [3.05, 3.63) is 94.1 Å². The van der Waals surface area contributed by atoms with Gasteiger partial charge in [-0.15, -0.1) is 0 Å². The summed E-state index contributed by atoms with van der Waals surface area (Å²) < 4.78 is 72.6. The van der Waals surface area contributed by atoms with E-state index in [0.717, 1.165) is 17.2 Å². The van der Waals surface area contributed by atoms with Crippen LogP contribution in [-0.2, 0) is 0 Å². The lowest BCUT2D eigenvalue weighted by Crippen LogP contribution is -2.45. The van der Waals surface area contributed by atoms with E-state index >= 15 is 0 Å². The van der Waals surface area contributed by atoms with Crippen molar-refractivity contribution in [1.29, 1.82) is 0 Å². The molecule has 0 aromatic heterocycles. The number of alkyl halides is 3. The Hall–Kier alpha value is -2.81. The van der Waals surface area contributed by atoms with Gasteiger partial charge in [-0.2, -0.15) is 13.2 Å². The smallest absolute Gasteiger partial charge is 0.409 e. The van der Waals surface area contributed by atoms with Gasteiger partial charge in [-0.05, 0) is 53.6 Å². The summed E-state index contributed by atoms with van der Waals surface area (Å²) in [6.45, 7) is -0.227. The minimum absolute atomic E-state index is 0.156. The van der Waals surface area contributed by atoms with Crippen molar-refractivity contribution in [3.63, 3.8) is 0 Å². The van der Waals surface area contributed by atoms with Crippen LogP contribution < -0.4 is 15.2 Å². The van der Waals surface area contributed by atoms with E-state index in [1.165, 1.54) is 24.3 Å². The highest BCUT2D eigenvalue weighted by Crippen LogP contribution is 2.38. The third kappa shape index (κ3) is 5.24. The van der Waals surface area contributed by atoms with Crippen LogP contribution in [0.1, 0.15) is 0 Å². The number of nitrogens with zero attached hydrogens (tertiary/aromatic N) is 1. The Bertz CT molecular complexity index is 1160. The molecule has 0 saturated carbocycles. The van der Waals surface area contributed by atoms with Gasteiger partial charge in [0.2, 0.25) is 0 Å². The van der Waals surface area contributed by atoms with Crippen LogP contribution in [0.3, 0.4) is 0 Å². The van der Waals surface area contributed by atoms with Gasteiger partial charge in [-0.25, -0.2) is 14.2 Å². The molecule has 1 aliphatic rings. The Morgan fingerprint density at radius 2 is 1.48 bits per heavy atom. The number of hydrogen-bond donors (Lipinski definition) is 1. The first kappa shape index (κ1) is 23.4. The van der Waals surface area contributed by atoms with E-state index in [2.05, 4.69) is 5.43 Å². The molecule has 33 heavy (non-hydrogen) atoms. The van der Waals surface area contributed by atoms with Crippen molar-refractivity contribution >= 4 is 28.9 Å². The molecule has 1 atom stereocenters. The number of hydrazine groups is 1. The van der Waals surface area contributed by atoms with Crippen LogP contribution in [0.2, 0.25) is 10.0 Å². The van der Waals surface area contributed by atoms with Crippen LogP contribution >= 0.6 is 23.2 Å². The molecule has 10 heteroatoms. The van der Waals surface area contributed by atoms with E-state index in [0.29, 0.717) is 16.9 Å². The summed E-state index contributed by atoms with van der Waals surface area (Å²) in [5.41, 5.74) is 3.57. The van der Waals surface area contributed by atoms with E-state index in [1.54, 1.807) is 30.3 Å². The fourth-order valence-electron chi connectivity index (χ4n) is 3.34. The van der Waals surface area contributed by atoms with Gasteiger partial charge >= 0.3 is 6.18 Å². The molecule has 0 bridgehead atoms. The highest BCUT2D eigenvalue weighted by atomic mass is 35.5. The van der Waals surface area contributed by atoms with Gasteiger partial charge in [0.05, 0.1) is 21.4 Å². The van der Waals surface area contributed by atoms with Crippen molar-refractivity contribution in [2.45, 2.75) is 12.2 Å². The van der Waals surface area contributed by atoms with E-state index in [1.807, 2.05) is 0 Å². The maximum absolute atomic E-state index is 13.5. The zero-order valence-corrected chi connectivity index (χ0v) is 18.1. The van der Waals surface area contributed by atoms with Gasteiger partial charge < -0.3 is 4.74 Å². The standard InChI is InChI=1S/C23H15Cl2F5N2O/c24-19-2-1-3-20(25)22(19)32-17(11-21(31-32)23(28,29)30)12-33-18-6-4-13(5-7-18)14-8-15(26)10-16(27)9-14/h1-11,21,31H,12H2. The first-order chi connectivity index (χ1) is 15.6. The maximum atomic E-state index is 13.5. The molecule has 0 radical (unpaired) electrons. The topological polar surface area (TPSA) is 24.5 Å². The van der Waals surface area contributed by atoms with Gasteiger partial charge in [0.25, 0.3) is 0 Å². The summed E-state index contributed by atoms with van der Waals surface area (Å²) in [5, 5.41) is 1.48. The molecule has 0 amide bonds. The molecule has 0 aliphatic carbocycles. The van der Waals surface area contributed by atoms with Crippen molar-refractivity contribution in [2.75, 3.05) is 11.6 Å². The lowest BCUT2D eigenvalue weighted by molar-refractivity contribution is -0.142. The Morgan fingerprint density at radius 3 is 2.06 bits per heavy atom. The third-order valence-electron chi connectivity index (χ3n) is 4.87. The number of hydrogen-bond acceptors (Lipinski definition) is 3. The average Bonchev–Trinajstić information content (AvgIpc) is 3.16. The third-order valence-corrected chi connectivity index (χ3v) is 5.48. The maximum Gasteiger partial charge on any atom is 0.409 e. The number of halogens is 7. The monoisotopic (exact) mass is 500 g/mol. The van der Waals surface area contributed by atoms with Gasteiger partial charge in [0.1, 0.15) is 30.0 Å². The summed E-state index contributed by atoms with van der Waals surface area (Å²) in [7, 11) is 0. The minimum atomic E-state index is -4.55. The lowest BCUT2D eigenvalue weighted by atomic mass is 10.1. The summed E-state index contributed by atoms with van der Waals surface area (Å²) in [6, 6.07) is 12.1. The molecule has 4 rings (SSSR count). The molecule has 1 unspecified atom stereocenters. The molecule has 1 aliphatic heterocycles. The molecule has 3 aromatic carbocycles. The van der Waals surface area contributed by atoms with Gasteiger partial charge in [-0.3, -0.25) is 5.01 Å². The van der Waals surface area contributed by atoms with Gasteiger partial charge in [0.15, 0.2) is 0 Å². The minimum Gasteiger partial charge on any atom is -0.487 e. The lowest BCUT2D eigenvalue weighted by Gasteiger charge is -2.26. The fraction of sp³-hybridized carbons (Fsp3) is 0.130. The Kier molecular flexibility index (Phi) is 6.52. The molecule has 3 aromatic rings. The largest absolute Gasteiger partial charge is 0.487 e. The molecule has 172 valence electrons. The van der Waals surface area contributed by atoms with Crippen LogP contribution in [-0.4, -0.2) is 18.8 Å². The highest BCUT2D eigenvalue weighted by molar-refractivity contribution is 6.39. The molecular weight excluding hydrogens is 486 g/mol. The van der Waals surface area contributed by atoms with Crippen LogP contribution in [0.15, 0.2) is 72.4 Å². The van der Waals surface area contributed by atoms with Crippen molar-refractivity contribution in [2.24, 2.45) is 0 Å². The Balaban J connectivity index is 1.54. The predicted octanol–water partition coefficient (Wildman–Crippen LogP) is 7.16. The second-order valence-corrected chi connectivity index (χ2v) is 8.00. The SMILES string of the molecule is Fc1cc(F)cc(-c2ccc(OCC3=CC(C(F)(F)F)NN3c3c(Cl)cccc3Cl)cc2)c1. The summed E-state index contributed by atoms with van der Waals surface area (Å²) >= 11 is 12.4. The Morgan fingerprint density at radius 1 is 0.879 bits per heavy atom. The summed E-state index contributed by atoms with van der Waals surface area (Å²) in [4.78, 5) is 0. The van der Waals surface area contributed by atoms with E-state index < -0.39 is 23.9 Å². The normalized spacial score (nSPS) is 16.2. The number of benzene rings is 3.